The molecule has 0 aromatic heterocycles. The van der Waals surface area contributed by atoms with E-state index in [1.54, 1.807) is 7.11 Å². The third-order valence-corrected chi connectivity index (χ3v) is 4.45. The molecule has 110 valence electrons. The first-order valence-electron chi connectivity index (χ1n) is 6.93. The number of benzene rings is 1. The van der Waals surface area contributed by atoms with E-state index in [2.05, 4.69) is 5.32 Å². The van der Waals surface area contributed by atoms with Crippen LogP contribution in [0.2, 0.25) is 0 Å². The lowest BCUT2D eigenvalue weighted by atomic mass is 9.78. The number of para-hydroxylation sites is 2. The number of carbonyl (C=O) groups is 1. The van der Waals surface area contributed by atoms with E-state index in [9.17, 15) is 4.79 Å². The van der Waals surface area contributed by atoms with Gasteiger partial charge in [-0.15, -0.1) is 12.4 Å². The van der Waals surface area contributed by atoms with Crippen LogP contribution < -0.4 is 15.0 Å². The van der Waals surface area contributed by atoms with Crippen molar-refractivity contribution < 1.29 is 9.53 Å². The summed E-state index contributed by atoms with van der Waals surface area (Å²) >= 11 is 0. The van der Waals surface area contributed by atoms with Crippen molar-refractivity contribution in [2.45, 2.75) is 19.3 Å². The third-order valence-electron chi connectivity index (χ3n) is 4.45. The van der Waals surface area contributed by atoms with Crippen LogP contribution in [0.25, 0.3) is 0 Å². The summed E-state index contributed by atoms with van der Waals surface area (Å²) in [5.74, 6) is 1.06. The molecule has 1 aromatic carbocycles. The summed E-state index contributed by atoms with van der Waals surface area (Å²) < 4.78 is 5.38. The van der Waals surface area contributed by atoms with Crippen molar-refractivity contribution in [2.75, 3.05) is 31.6 Å². The largest absolute Gasteiger partial charge is 0.495 e. The Morgan fingerprint density at radius 2 is 1.90 bits per heavy atom. The van der Waals surface area contributed by atoms with Gasteiger partial charge in [0.2, 0.25) is 5.91 Å². The van der Waals surface area contributed by atoms with Gasteiger partial charge in [-0.25, -0.2) is 0 Å². The van der Waals surface area contributed by atoms with Crippen LogP contribution in [0.4, 0.5) is 5.69 Å². The molecule has 2 fully saturated rings. The zero-order chi connectivity index (χ0) is 13.3. The smallest absolute Gasteiger partial charge is 0.233 e. The molecule has 20 heavy (non-hydrogen) atoms. The van der Waals surface area contributed by atoms with Gasteiger partial charge in [-0.3, -0.25) is 4.79 Å². The average molecular weight is 297 g/mol. The molecule has 4 nitrogen and oxygen atoms in total. The maximum Gasteiger partial charge on any atom is 0.233 e. The van der Waals surface area contributed by atoms with Gasteiger partial charge in [0.25, 0.3) is 0 Å². The van der Waals surface area contributed by atoms with Crippen LogP contribution >= 0.6 is 12.4 Å². The maximum atomic E-state index is 12.8. The number of methoxy groups -OCH3 is 1. The van der Waals surface area contributed by atoms with E-state index in [1.165, 1.54) is 0 Å². The SMILES string of the molecule is COc1ccccc1N1CCC2(CCNCC2)C1=O.Cl. The molecule has 2 saturated heterocycles. The van der Waals surface area contributed by atoms with Crippen LogP contribution in [0.5, 0.6) is 5.75 Å². The molecule has 1 amide bonds. The summed E-state index contributed by atoms with van der Waals surface area (Å²) in [6.07, 6.45) is 2.88. The van der Waals surface area contributed by atoms with Gasteiger partial charge in [-0.05, 0) is 44.5 Å². The predicted octanol–water partition coefficient (Wildman–Crippen LogP) is 2.22. The highest BCUT2D eigenvalue weighted by Crippen LogP contribution is 2.43. The maximum absolute atomic E-state index is 12.8. The second-order valence-electron chi connectivity index (χ2n) is 5.41. The fraction of sp³-hybridized carbons (Fsp3) is 0.533. The predicted molar refractivity (Wildman–Crippen MR) is 81.7 cm³/mol. The van der Waals surface area contributed by atoms with Crippen molar-refractivity contribution >= 4 is 24.0 Å². The van der Waals surface area contributed by atoms with Crippen LogP contribution in [0.15, 0.2) is 24.3 Å². The van der Waals surface area contributed by atoms with Gasteiger partial charge in [0.05, 0.1) is 18.2 Å². The summed E-state index contributed by atoms with van der Waals surface area (Å²) in [5.41, 5.74) is 0.775. The highest BCUT2D eigenvalue weighted by Gasteiger charge is 2.47. The van der Waals surface area contributed by atoms with Crippen molar-refractivity contribution in [3.05, 3.63) is 24.3 Å². The van der Waals surface area contributed by atoms with Crippen LogP contribution in [0.1, 0.15) is 19.3 Å². The summed E-state index contributed by atoms with van der Waals surface area (Å²) in [7, 11) is 1.65. The number of nitrogens with one attached hydrogen (secondary N) is 1. The molecule has 0 aliphatic carbocycles. The van der Waals surface area contributed by atoms with E-state index in [-0.39, 0.29) is 23.7 Å². The first-order valence-corrected chi connectivity index (χ1v) is 6.93. The fourth-order valence-corrected chi connectivity index (χ4v) is 3.27. The first kappa shape index (κ1) is 15.1. The van der Waals surface area contributed by atoms with Gasteiger partial charge in [0.15, 0.2) is 0 Å². The van der Waals surface area contributed by atoms with Crippen molar-refractivity contribution in [3.63, 3.8) is 0 Å². The summed E-state index contributed by atoms with van der Waals surface area (Å²) in [4.78, 5) is 14.7. The number of hydrogen-bond donors (Lipinski definition) is 1. The lowest BCUT2D eigenvalue weighted by Crippen LogP contribution is -2.42. The van der Waals surface area contributed by atoms with E-state index >= 15 is 0 Å². The number of nitrogens with zero attached hydrogens (tertiary/aromatic N) is 1. The lowest BCUT2D eigenvalue weighted by Gasteiger charge is -2.32. The second-order valence-corrected chi connectivity index (χ2v) is 5.41. The Kier molecular flexibility index (Phi) is 4.55. The van der Waals surface area contributed by atoms with Gasteiger partial charge >= 0.3 is 0 Å². The van der Waals surface area contributed by atoms with E-state index in [1.807, 2.05) is 29.2 Å². The molecule has 0 saturated carbocycles. The summed E-state index contributed by atoms with van der Waals surface area (Å²) in [6, 6.07) is 7.77. The molecule has 1 aromatic rings. The first-order chi connectivity index (χ1) is 9.27. The molecular formula is C15H21ClN2O2. The van der Waals surface area contributed by atoms with Gasteiger partial charge in [0.1, 0.15) is 5.75 Å². The number of rotatable bonds is 2. The van der Waals surface area contributed by atoms with Crippen molar-refractivity contribution in [2.24, 2.45) is 5.41 Å². The van der Waals surface area contributed by atoms with Crippen LogP contribution in [0.3, 0.4) is 0 Å². The molecule has 0 bridgehead atoms. The third kappa shape index (κ3) is 2.38. The van der Waals surface area contributed by atoms with Crippen LogP contribution in [-0.2, 0) is 4.79 Å². The molecule has 1 spiro atoms. The minimum atomic E-state index is -0.133. The number of carbonyl (C=O) groups excluding carboxylic acids is 1. The molecule has 2 aliphatic heterocycles. The van der Waals surface area contributed by atoms with Gasteiger partial charge < -0.3 is 15.0 Å². The average Bonchev–Trinajstić information content (AvgIpc) is 2.77. The summed E-state index contributed by atoms with van der Waals surface area (Å²) in [5, 5.41) is 3.34. The summed E-state index contributed by atoms with van der Waals surface area (Å²) in [6.45, 7) is 2.70. The monoisotopic (exact) mass is 296 g/mol. The Labute approximate surface area is 125 Å². The number of amides is 1. The molecule has 2 aliphatic rings. The van der Waals surface area contributed by atoms with Crippen molar-refractivity contribution in [1.82, 2.24) is 5.32 Å². The molecule has 0 atom stereocenters. The standard InChI is InChI=1S/C15H20N2O2.ClH/c1-19-13-5-3-2-4-12(13)17-11-8-15(14(17)18)6-9-16-10-7-15;/h2-5,16H,6-11H2,1H3;1H. The number of halogens is 1. The Morgan fingerprint density at radius 3 is 2.60 bits per heavy atom. The van der Waals surface area contributed by atoms with Gasteiger partial charge in [-0.2, -0.15) is 0 Å². The molecule has 0 radical (unpaired) electrons. The van der Waals surface area contributed by atoms with Crippen molar-refractivity contribution in [3.8, 4) is 5.75 Å². The topological polar surface area (TPSA) is 41.6 Å². The minimum absolute atomic E-state index is 0. The lowest BCUT2D eigenvalue weighted by molar-refractivity contribution is -0.126. The Balaban J connectivity index is 0.00000147. The zero-order valence-corrected chi connectivity index (χ0v) is 12.5. The highest BCUT2D eigenvalue weighted by atomic mass is 35.5. The van der Waals surface area contributed by atoms with Gasteiger partial charge in [-0.1, -0.05) is 12.1 Å². The number of anilines is 1. The minimum Gasteiger partial charge on any atom is -0.495 e. The molecule has 5 heteroatoms. The Hall–Kier alpha value is -1.26. The number of piperidine rings is 1. The quantitative estimate of drug-likeness (QED) is 0.910. The molecule has 2 heterocycles. The van der Waals surface area contributed by atoms with E-state index < -0.39 is 0 Å². The number of ether oxygens (including phenoxy) is 1. The van der Waals surface area contributed by atoms with E-state index in [0.29, 0.717) is 0 Å². The van der Waals surface area contributed by atoms with E-state index in [4.69, 9.17) is 4.74 Å². The van der Waals surface area contributed by atoms with Crippen LogP contribution in [-0.4, -0.2) is 32.7 Å². The fourth-order valence-electron chi connectivity index (χ4n) is 3.27. The highest BCUT2D eigenvalue weighted by molar-refractivity contribution is 6.01. The van der Waals surface area contributed by atoms with Gasteiger partial charge in [0, 0.05) is 6.54 Å². The molecule has 1 N–H and O–H groups in total. The normalized spacial score (nSPS) is 20.9. The molecular weight excluding hydrogens is 276 g/mol. The Morgan fingerprint density at radius 1 is 1.20 bits per heavy atom. The zero-order valence-electron chi connectivity index (χ0n) is 11.7. The number of hydrogen-bond acceptors (Lipinski definition) is 3. The second kappa shape index (κ2) is 6.02. The molecule has 0 unspecified atom stereocenters. The van der Waals surface area contributed by atoms with Crippen molar-refractivity contribution in [1.29, 1.82) is 0 Å². The molecule has 3 rings (SSSR count). The van der Waals surface area contributed by atoms with Crippen LogP contribution in [0, 0.1) is 5.41 Å². The Bertz CT molecular complexity index is 487. The van der Waals surface area contributed by atoms with E-state index in [0.717, 1.165) is 50.3 Å².